The molecule has 0 bridgehead atoms. The highest BCUT2D eigenvalue weighted by atomic mass is 35.5. The summed E-state index contributed by atoms with van der Waals surface area (Å²) < 4.78 is 39.7. The number of amides is 2. The van der Waals surface area contributed by atoms with Crippen LogP contribution in [0.2, 0.25) is 5.02 Å². The van der Waals surface area contributed by atoms with Crippen molar-refractivity contribution in [2.45, 2.75) is 43.2 Å². The van der Waals surface area contributed by atoms with Gasteiger partial charge in [-0.15, -0.1) is 0 Å². The fraction of sp³-hybridized carbons (Fsp3) is 0.385. The Labute approximate surface area is 201 Å². The van der Waals surface area contributed by atoms with E-state index >= 15 is 0 Å². The maximum atomic E-state index is 13.2. The van der Waals surface area contributed by atoms with Crippen molar-refractivity contribution in [1.82, 2.24) is 10.2 Å². The maximum absolute atomic E-state index is 13.2. The van der Waals surface area contributed by atoms with Crippen LogP contribution < -0.4 is 5.32 Å². The van der Waals surface area contributed by atoms with Crippen LogP contribution >= 0.6 is 11.6 Å². The lowest BCUT2D eigenvalue weighted by Gasteiger charge is -2.40. The van der Waals surface area contributed by atoms with Crippen LogP contribution in [0.4, 0.5) is 13.2 Å². The van der Waals surface area contributed by atoms with Crippen molar-refractivity contribution in [1.29, 1.82) is 0 Å². The van der Waals surface area contributed by atoms with Crippen LogP contribution in [-0.4, -0.2) is 36.9 Å². The summed E-state index contributed by atoms with van der Waals surface area (Å²) in [4.78, 5) is 26.5. The predicted molar refractivity (Wildman–Crippen MR) is 125 cm³/mol. The Morgan fingerprint density at radius 3 is 2.53 bits per heavy atom. The Hall–Kier alpha value is -2.80. The minimum Gasteiger partial charge on any atom is -0.359 e. The predicted octanol–water partition coefficient (Wildman–Crippen LogP) is 5.56. The molecular formula is C26H26ClF3N2O2. The van der Waals surface area contributed by atoms with Gasteiger partial charge in [0.05, 0.1) is 5.56 Å². The average Bonchev–Trinajstić information content (AvgIpc) is 3.11. The van der Waals surface area contributed by atoms with Crippen LogP contribution in [0.5, 0.6) is 0 Å². The number of fused-ring (bicyclic) bond motifs is 2. The fourth-order valence-electron chi connectivity index (χ4n) is 5.41. The summed E-state index contributed by atoms with van der Waals surface area (Å²) in [5, 5.41) is 3.37. The van der Waals surface area contributed by atoms with E-state index in [2.05, 4.69) is 5.32 Å². The Morgan fingerprint density at radius 2 is 1.85 bits per heavy atom. The molecule has 1 spiro atoms. The van der Waals surface area contributed by atoms with Crippen LogP contribution in [0.1, 0.15) is 53.9 Å². The number of rotatable bonds is 4. The van der Waals surface area contributed by atoms with E-state index in [0.29, 0.717) is 37.4 Å². The van der Waals surface area contributed by atoms with Gasteiger partial charge >= 0.3 is 6.18 Å². The van der Waals surface area contributed by atoms with Gasteiger partial charge in [-0.1, -0.05) is 41.9 Å². The summed E-state index contributed by atoms with van der Waals surface area (Å²) in [6.45, 7) is 0.947. The number of hydrogen-bond acceptors (Lipinski definition) is 2. The molecule has 1 unspecified atom stereocenters. The van der Waals surface area contributed by atoms with Crippen molar-refractivity contribution < 1.29 is 22.8 Å². The molecule has 2 amide bonds. The van der Waals surface area contributed by atoms with Gasteiger partial charge in [0.1, 0.15) is 0 Å². The van der Waals surface area contributed by atoms with Crippen molar-refractivity contribution in [3.63, 3.8) is 0 Å². The normalized spacial score (nSPS) is 19.4. The lowest BCUT2D eigenvalue weighted by molar-refractivity contribution is -0.137. The summed E-state index contributed by atoms with van der Waals surface area (Å²) in [7, 11) is 1.62. The highest BCUT2D eigenvalue weighted by molar-refractivity contribution is 6.31. The second kappa shape index (κ2) is 9.45. The first-order valence-electron chi connectivity index (χ1n) is 11.3. The quantitative estimate of drug-likeness (QED) is 0.571. The maximum Gasteiger partial charge on any atom is 0.416 e. The number of hydrogen-bond donors (Lipinski definition) is 1. The van der Waals surface area contributed by atoms with E-state index in [9.17, 15) is 22.8 Å². The SMILES string of the molecule is CNC(=O)CC1CC2(CCN(C(=O)/C=C/c3ccccc3C(F)(F)F)CC2)c2c(Cl)cccc21. The van der Waals surface area contributed by atoms with Gasteiger partial charge < -0.3 is 10.2 Å². The number of piperidine rings is 1. The molecule has 0 radical (unpaired) electrons. The van der Waals surface area contributed by atoms with Crippen LogP contribution in [0.25, 0.3) is 6.08 Å². The van der Waals surface area contributed by atoms with Crippen LogP contribution in [0.15, 0.2) is 48.5 Å². The second-order valence-corrected chi connectivity index (χ2v) is 9.41. The lowest BCUT2D eigenvalue weighted by Crippen LogP contribution is -2.44. The van der Waals surface area contributed by atoms with E-state index in [-0.39, 0.29) is 28.7 Å². The molecule has 2 aromatic carbocycles. The molecule has 0 saturated carbocycles. The third kappa shape index (κ3) is 4.71. The zero-order chi connectivity index (χ0) is 24.5. The molecule has 1 N–H and O–H groups in total. The van der Waals surface area contributed by atoms with Gasteiger partial charge in [0.2, 0.25) is 11.8 Å². The molecule has 1 aliphatic heterocycles. The fourth-order valence-corrected chi connectivity index (χ4v) is 5.79. The Bertz CT molecular complexity index is 1120. The molecule has 34 heavy (non-hydrogen) atoms. The van der Waals surface area contributed by atoms with Crippen molar-refractivity contribution in [3.8, 4) is 0 Å². The highest BCUT2D eigenvalue weighted by Gasteiger charge is 2.47. The van der Waals surface area contributed by atoms with Gasteiger partial charge in [-0.25, -0.2) is 0 Å². The first-order chi connectivity index (χ1) is 16.1. The van der Waals surface area contributed by atoms with Crippen LogP contribution in [-0.2, 0) is 21.2 Å². The first kappa shape index (κ1) is 24.3. The molecule has 4 rings (SSSR count). The van der Waals surface area contributed by atoms with E-state index in [1.807, 2.05) is 18.2 Å². The molecule has 2 aromatic rings. The molecule has 1 heterocycles. The Kier molecular flexibility index (Phi) is 6.76. The summed E-state index contributed by atoms with van der Waals surface area (Å²) in [5.41, 5.74) is 1.16. The summed E-state index contributed by atoms with van der Waals surface area (Å²) in [5.74, 6) is -0.273. The molecule has 2 aliphatic rings. The standard InChI is InChI=1S/C26H26ClF3N2O2/c1-31-22(33)15-18-16-25(24-19(18)6-4-8-21(24)27)11-13-32(14-12-25)23(34)10-9-17-5-2-3-7-20(17)26(28,29)30/h2-10,18H,11-16H2,1H3,(H,31,33)/b10-9+. The molecule has 1 saturated heterocycles. The van der Waals surface area contributed by atoms with E-state index < -0.39 is 11.7 Å². The van der Waals surface area contributed by atoms with E-state index in [0.717, 1.165) is 23.6 Å². The zero-order valence-electron chi connectivity index (χ0n) is 18.8. The van der Waals surface area contributed by atoms with Crippen LogP contribution in [0.3, 0.4) is 0 Å². The summed E-state index contributed by atoms with van der Waals surface area (Å²) in [6.07, 6.45) is 0.510. The molecule has 1 atom stereocenters. The first-order valence-corrected chi connectivity index (χ1v) is 11.6. The average molecular weight is 491 g/mol. The number of halogens is 4. The minimum absolute atomic E-state index is 0.0233. The number of alkyl halides is 3. The minimum atomic E-state index is -4.48. The molecule has 4 nitrogen and oxygen atoms in total. The van der Waals surface area contributed by atoms with Gasteiger partial charge in [-0.05, 0) is 60.1 Å². The highest BCUT2D eigenvalue weighted by Crippen LogP contribution is 2.55. The third-order valence-electron chi connectivity index (χ3n) is 7.07. The van der Waals surface area contributed by atoms with Gasteiger partial charge in [0.15, 0.2) is 0 Å². The van der Waals surface area contributed by atoms with E-state index in [1.165, 1.54) is 30.4 Å². The van der Waals surface area contributed by atoms with Crippen molar-refractivity contribution >= 4 is 29.5 Å². The Morgan fingerprint density at radius 1 is 1.15 bits per heavy atom. The van der Waals surface area contributed by atoms with E-state index in [4.69, 9.17) is 11.6 Å². The molecule has 180 valence electrons. The second-order valence-electron chi connectivity index (χ2n) is 9.01. The van der Waals surface area contributed by atoms with Crippen LogP contribution in [0, 0.1) is 0 Å². The number of carbonyl (C=O) groups excluding carboxylic acids is 2. The Balaban J connectivity index is 1.49. The molecular weight excluding hydrogens is 465 g/mol. The largest absolute Gasteiger partial charge is 0.416 e. The van der Waals surface area contributed by atoms with Gasteiger partial charge in [0, 0.05) is 43.1 Å². The topological polar surface area (TPSA) is 49.4 Å². The monoisotopic (exact) mass is 490 g/mol. The molecule has 0 aromatic heterocycles. The smallest absolute Gasteiger partial charge is 0.359 e. The summed E-state index contributed by atoms with van der Waals surface area (Å²) >= 11 is 6.61. The lowest BCUT2D eigenvalue weighted by atomic mass is 9.73. The number of benzene rings is 2. The number of nitrogens with zero attached hydrogens (tertiary/aromatic N) is 1. The third-order valence-corrected chi connectivity index (χ3v) is 7.38. The van der Waals surface area contributed by atoms with Crippen molar-refractivity contribution in [3.05, 3.63) is 75.8 Å². The van der Waals surface area contributed by atoms with Gasteiger partial charge in [-0.3, -0.25) is 9.59 Å². The van der Waals surface area contributed by atoms with Crippen molar-refractivity contribution in [2.24, 2.45) is 0 Å². The number of likely N-dealkylation sites (tertiary alicyclic amines) is 1. The molecule has 8 heteroatoms. The van der Waals surface area contributed by atoms with Gasteiger partial charge in [-0.2, -0.15) is 13.2 Å². The zero-order valence-corrected chi connectivity index (χ0v) is 19.5. The molecule has 1 aliphatic carbocycles. The molecule has 1 fully saturated rings. The van der Waals surface area contributed by atoms with Gasteiger partial charge in [0.25, 0.3) is 0 Å². The number of carbonyl (C=O) groups is 2. The number of nitrogens with one attached hydrogen (secondary N) is 1. The summed E-state index contributed by atoms with van der Waals surface area (Å²) in [6, 6.07) is 11.0. The van der Waals surface area contributed by atoms with Crippen molar-refractivity contribution in [2.75, 3.05) is 20.1 Å². The van der Waals surface area contributed by atoms with E-state index in [1.54, 1.807) is 11.9 Å².